The normalized spacial score (nSPS) is 13.2. The molecule has 0 aromatic rings. The predicted octanol–water partition coefficient (Wildman–Crippen LogP) is 1.70. The van der Waals surface area contributed by atoms with Crippen molar-refractivity contribution in [1.82, 2.24) is 0 Å². The Morgan fingerprint density at radius 2 is 2.08 bits per heavy atom. The number of nitrogens with two attached hydrogens (primary N) is 1. The topological polar surface area (TPSA) is 52.3 Å². The van der Waals surface area contributed by atoms with Crippen molar-refractivity contribution in [2.24, 2.45) is 11.7 Å². The fraction of sp³-hybridized carbons (Fsp3) is 0.900. The third kappa shape index (κ3) is 6.58. The Morgan fingerprint density at radius 3 is 2.46 bits per heavy atom. The van der Waals surface area contributed by atoms with Gasteiger partial charge in [-0.2, -0.15) is 0 Å². The standard InChI is InChI=1S/C10H21NO2/c1-4-9(10(11)12)13-7-5-6-8(2)3/h8-9H,4-7H2,1-3H3,(H2,11,12). The number of rotatable bonds is 7. The number of amides is 1. The van der Waals surface area contributed by atoms with Crippen molar-refractivity contribution in [2.45, 2.75) is 46.1 Å². The van der Waals surface area contributed by atoms with E-state index in [9.17, 15) is 4.79 Å². The lowest BCUT2D eigenvalue weighted by Gasteiger charge is -2.12. The van der Waals surface area contributed by atoms with Crippen LogP contribution in [0, 0.1) is 5.92 Å². The first-order valence-corrected chi connectivity index (χ1v) is 4.98. The summed E-state index contributed by atoms with van der Waals surface area (Å²) in [6.45, 7) is 6.88. The average Bonchev–Trinajstić information content (AvgIpc) is 2.03. The summed E-state index contributed by atoms with van der Waals surface area (Å²) in [5, 5.41) is 0. The van der Waals surface area contributed by atoms with Crippen LogP contribution in [-0.4, -0.2) is 18.6 Å². The third-order valence-electron chi connectivity index (χ3n) is 1.93. The van der Waals surface area contributed by atoms with Gasteiger partial charge < -0.3 is 10.5 Å². The maximum absolute atomic E-state index is 10.8. The minimum Gasteiger partial charge on any atom is -0.368 e. The molecule has 78 valence electrons. The van der Waals surface area contributed by atoms with Crippen LogP contribution in [0.15, 0.2) is 0 Å². The van der Waals surface area contributed by atoms with Crippen molar-refractivity contribution < 1.29 is 9.53 Å². The maximum Gasteiger partial charge on any atom is 0.246 e. The first kappa shape index (κ1) is 12.4. The Balaban J connectivity index is 3.44. The highest BCUT2D eigenvalue weighted by Crippen LogP contribution is 2.05. The molecule has 1 amide bonds. The van der Waals surface area contributed by atoms with Crippen LogP contribution in [0.4, 0.5) is 0 Å². The van der Waals surface area contributed by atoms with E-state index >= 15 is 0 Å². The predicted molar refractivity (Wildman–Crippen MR) is 53.3 cm³/mol. The third-order valence-corrected chi connectivity index (χ3v) is 1.93. The van der Waals surface area contributed by atoms with E-state index < -0.39 is 6.10 Å². The molecule has 0 spiro atoms. The van der Waals surface area contributed by atoms with E-state index in [0.29, 0.717) is 18.9 Å². The molecule has 3 heteroatoms. The summed E-state index contributed by atoms with van der Waals surface area (Å²) in [5.41, 5.74) is 5.13. The molecule has 0 heterocycles. The molecule has 0 aliphatic heterocycles. The second-order valence-electron chi connectivity index (χ2n) is 3.71. The fourth-order valence-corrected chi connectivity index (χ4v) is 1.12. The van der Waals surface area contributed by atoms with Gasteiger partial charge in [0.05, 0.1) is 0 Å². The van der Waals surface area contributed by atoms with Crippen LogP contribution in [0.5, 0.6) is 0 Å². The summed E-state index contributed by atoms with van der Waals surface area (Å²) in [6.07, 6.45) is 2.40. The van der Waals surface area contributed by atoms with Gasteiger partial charge in [0.15, 0.2) is 0 Å². The van der Waals surface area contributed by atoms with E-state index in [-0.39, 0.29) is 5.91 Å². The van der Waals surface area contributed by atoms with Crippen molar-refractivity contribution in [3.05, 3.63) is 0 Å². The van der Waals surface area contributed by atoms with Gasteiger partial charge >= 0.3 is 0 Å². The second kappa shape index (κ2) is 6.89. The van der Waals surface area contributed by atoms with E-state index in [1.54, 1.807) is 0 Å². The Hall–Kier alpha value is -0.570. The SMILES string of the molecule is CCC(OCCCC(C)C)C(N)=O. The van der Waals surface area contributed by atoms with Gasteiger partial charge in [-0.3, -0.25) is 4.79 Å². The number of hydrogen-bond donors (Lipinski definition) is 1. The zero-order chi connectivity index (χ0) is 10.3. The maximum atomic E-state index is 10.8. The van der Waals surface area contributed by atoms with Crippen molar-refractivity contribution in [3.63, 3.8) is 0 Å². The molecule has 13 heavy (non-hydrogen) atoms. The molecule has 0 radical (unpaired) electrons. The highest BCUT2D eigenvalue weighted by molar-refractivity contribution is 5.78. The number of carbonyl (C=O) groups excluding carboxylic acids is 1. The van der Waals surface area contributed by atoms with Gasteiger partial charge in [0.1, 0.15) is 6.10 Å². The summed E-state index contributed by atoms with van der Waals surface area (Å²) in [7, 11) is 0. The quantitative estimate of drug-likeness (QED) is 0.617. The molecule has 0 aromatic carbocycles. The minimum atomic E-state index is -0.396. The largest absolute Gasteiger partial charge is 0.368 e. The van der Waals surface area contributed by atoms with Crippen molar-refractivity contribution in [3.8, 4) is 0 Å². The highest BCUT2D eigenvalue weighted by Gasteiger charge is 2.12. The Morgan fingerprint density at radius 1 is 1.46 bits per heavy atom. The summed E-state index contributed by atoms with van der Waals surface area (Å²) >= 11 is 0. The van der Waals surface area contributed by atoms with Gasteiger partial charge in [0.25, 0.3) is 0 Å². The van der Waals surface area contributed by atoms with E-state index in [1.807, 2.05) is 6.92 Å². The van der Waals surface area contributed by atoms with Gasteiger partial charge in [-0.25, -0.2) is 0 Å². The first-order chi connectivity index (χ1) is 6.07. The van der Waals surface area contributed by atoms with E-state index in [1.165, 1.54) is 0 Å². The van der Waals surface area contributed by atoms with Crippen molar-refractivity contribution in [1.29, 1.82) is 0 Å². The molecular weight excluding hydrogens is 166 g/mol. The number of carbonyl (C=O) groups is 1. The van der Waals surface area contributed by atoms with Crippen molar-refractivity contribution in [2.75, 3.05) is 6.61 Å². The zero-order valence-electron chi connectivity index (χ0n) is 8.88. The van der Waals surface area contributed by atoms with Crippen LogP contribution in [0.25, 0.3) is 0 Å². The fourth-order valence-electron chi connectivity index (χ4n) is 1.12. The van der Waals surface area contributed by atoms with Gasteiger partial charge in [-0.15, -0.1) is 0 Å². The molecule has 1 unspecified atom stereocenters. The van der Waals surface area contributed by atoms with Crippen LogP contribution in [0.3, 0.4) is 0 Å². The molecule has 0 aliphatic carbocycles. The Bertz CT molecular complexity index is 146. The number of hydrogen-bond acceptors (Lipinski definition) is 2. The molecule has 0 fully saturated rings. The first-order valence-electron chi connectivity index (χ1n) is 4.98. The minimum absolute atomic E-state index is 0.355. The zero-order valence-corrected chi connectivity index (χ0v) is 8.88. The Kier molecular flexibility index (Phi) is 6.59. The molecular formula is C10H21NO2. The summed E-state index contributed by atoms with van der Waals surface area (Å²) < 4.78 is 5.33. The van der Waals surface area contributed by atoms with Gasteiger partial charge in [0.2, 0.25) is 5.91 Å². The van der Waals surface area contributed by atoms with E-state index in [0.717, 1.165) is 12.8 Å². The molecule has 0 saturated heterocycles. The number of ether oxygens (including phenoxy) is 1. The van der Waals surface area contributed by atoms with Crippen molar-refractivity contribution >= 4 is 5.91 Å². The molecule has 0 bridgehead atoms. The lowest BCUT2D eigenvalue weighted by molar-refractivity contribution is -0.129. The molecule has 0 aliphatic rings. The second-order valence-corrected chi connectivity index (χ2v) is 3.71. The molecule has 1 atom stereocenters. The van der Waals surface area contributed by atoms with Gasteiger partial charge in [-0.05, 0) is 25.2 Å². The molecule has 0 rings (SSSR count). The number of primary amides is 1. The lowest BCUT2D eigenvalue weighted by Crippen LogP contribution is -2.30. The smallest absolute Gasteiger partial charge is 0.246 e. The van der Waals surface area contributed by atoms with Crippen LogP contribution in [0.2, 0.25) is 0 Å². The van der Waals surface area contributed by atoms with E-state index in [4.69, 9.17) is 10.5 Å². The highest BCUT2D eigenvalue weighted by atomic mass is 16.5. The molecule has 0 saturated carbocycles. The summed E-state index contributed by atoms with van der Waals surface area (Å²) in [5.74, 6) is 0.337. The lowest BCUT2D eigenvalue weighted by atomic mass is 10.1. The average molecular weight is 187 g/mol. The van der Waals surface area contributed by atoms with Crippen LogP contribution in [0.1, 0.15) is 40.0 Å². The molecule has 3 nitrogen and oxygen atoms in total. The van der Waals surface area contributed by atoms with Crippen LogP contribution < -0.4 is 5.73 Å². The summed E-state index contributed by atoms with van der Waals surface area (Å²) in [4.78, 5) is 10.8. The molecule has 0 aromatic heterocycles. The molecule has 2 N–H and O–H groups in total. The van der Waals surface area contributed by atoms with E-state index in [2.05, 4.69) is 13.8 Å². The Labute approximate surface area is 80.6 Å². The monoisotopic (exact) mass is 187 g/mol. The van der Waals surface area contributed by atoms with Gasteiger partial charge in [-0.1, -0.05) is 20.8 Å². The summed E-state index contributed by atoms with van der Waals surface area (Å²) in [6, 6.07) is 0. The van der Waals surface area contributed by atoms with Gasteiger partial charge in [0, 0.05) is 6.61 Å². The van der Waals surface area contributed by atoms with Crippen LogP contribution in [-0.2, 0) is 9.53 Å². The van der Waals surface area contributed by atoms with Crippen LogP contribution >= 0.6 is 0 Å².